The van der Waals surface area contributed by atoms with Crippen LogP contribution in [-0.2, 0) is 0 Å². The lowest BCUT2D eigenvalue weighted by Crippen LogP contribution is -1.73. The van der Waals surface area contributed by atoms with Crippen LogP contribution in [0.3, 0.4) is 0 Å². The van der Waals surface area contributed by atoms with Crippen LogP contribution in [-0.4, -0.2) is 126 Å². The van der Waals surface area contributed by atoms with Crippen LogP contribution >= 0.6 is 34.0 Å². The van der Waals surface area contributed by atoms with Crippen LogP contribution in [0, 0.1) is 0 Å². The van der Waals surface area contributed by atoms with Crippen LogP contribution in [0.5, 0.6) is 0 Å². The molecule has 31 heteroatoms. The Morgan fingerprint density at radius 3 is 1.50 bits per heavy atom. The van der Waals surface area contributed by atoms with Crippen molar-refractivity contribution in [3.05, 3.63) is 312 Å². The van der Waals surface area contributed by atoms with Gasteiger partial charge in [-0.15, -0.1) is 54.4 Å². The molecule has 0 unspecified atom stereocenters. The molecule has 0 aliphatic rings. The Bertz CT molecular complexity index is 3260. The van der Waals surface area contributed by atoms with Gasteiger partial charge < -0.3 is 23.2 Å². The summed E-state index contributed by atoms with van der Waals surface area (Å²) < 4.78 is 15.1. The van der Waals surface area contributed by atoms with Gasteiger partial charge in [0.15, 0.2) is 18.4 Å². The zero-order chi connectivity index (χ0) is 62.6. The summed E-state index contributed by atoms with van der Waals surface area (Å²) in [4.78, 5) is 54.4. The summed E-state index contributed by atoms with van der Waals surface area (Å²) in [5.41, 5.74) is 13.1. The Labute approximate surface area is 525 Å². The topological polar surface area (TPSA) is 373 Å². The van der Waals surface area contributed by atoms with E-state index in [1.807, 2.05) is 126 Å². The van der Waals surface area contributed by atoms with Crippen LogP contribution in [0.25, 0.3) is 43.3 Å². The molecule has 0 bridgehead atoms. The average molecular weight is 1260 g/mol. The minimum Gasteiger partial charge on any atom is -0.452 e. The fourth-order valence-electron chi connectivity index (χ4n) is 5.39. The SMILES string of the molecule is c1c[nH]cn1.c1ccc2[nH]cnc2c1.c1ccc2[nH]ncc2c1.c1ccc2ocnc2c1.c1ccc2scnc2c1.c1ccnnc1.c1cn[nH]c1.c1cnccn1.c1cncnc1.c1cocn1.c1cscn1.c1ncncn1.c1nnco1.c1nncs1. The first-order valence-corrected chi connectivity index (χ1v) is 28.5. The van der Waals surface area contributed by atoms with E-state index in [-0.39, 0.29) is 0 Å². The van der Waals surface area contributed by atoms with Gasteiger partial charge in [-0.05, 0) is 66.7 Å². The number of fused-ring (bicyclic) bond motifs is 4. The molecule has 0 saturated heterocycles. The monoisotopic (exact) mass is 1260 g/mol. The number of hydrogen-bond donors (Lipinski definition) is 4. The third-order valence-electron chi connectivity index (χ3n) is 9.06. The van der Waals surface area contributed by atoms with Crippen LogP contribution in [0.1, 0.15) is 0 Å². The number of nitrogens with one attached hydrogen (secondary N) is 4. The first-order valence-electron chi connectivity index (χ1n) is 25.7. The third-order valence-corrected chi connectivity index (χ3v) is 10.8. The molecule has 0 aliphatic carbocycles. The van der Waals surface area contributed by atoms with Crippen molar-refractivity contribution in [2.75, 3.05) is 0 Å². The lowest BCUT2D eigenvalue weighted by atomic mass is 10.3. The summed E-state index contributed by atoms with van der Waals surface area (Å²) in [7, 11) is 0. The molecule has 14 aromatic heterocycles. The minimum atomic E-state index is 0.845. The molecular weight excluding hydrogens is 1200 g/mol. The Morgan fingerprint density at radius 2 is 1.07 bits per heavy atom. The first kappa shape index (κ1) is 68.2. The van der Waals surface area contributed by atoms with Crippen LogP contribution in [0.4, 0.5) is 0 Å². The number of rotatable bonds is 0. The quantitative estimate of drug-likeness (QED) is 0.110. The Balaban J connectivity index is 0.000000177. The average Bonchev–Trinajstić information content (AvgIpc) is 4.59. The zero-order valence-electron chi connectivity index (χ0n) is 47.3. The predicted octanol–water partition coefficient (Wildman–Crippen LogP) is 11.8. The van der Waals surface area contributed by atoms with Crippen molar-refractivity contribution in [1.29, 1.82) is 0 Å². The number of imidazole rings is 2. The molecule has 0 atom stereocenters. The molecule has 4 aromatic carbocycles. The van der Waals surface area contributed by atoms with Gasteiger partial charge in [0.25, 0.3) is 0 Å². The van der Waals surface area contributed by atoms with Crippen LogP contribution in [0.2, 0.25) is 0 Å². The number of nitrogens with zero attached hydrogens (tertiary/aromatic N) is 21. The molecule has 0 radical (unpaired) electrons. The molecule has 0 fully saturated rings. The number of hydrogen-bond acceptors (Lipinski definition) is 27. The highest BCUT2D eigenvalue weighted by Gasteiger charge is 1.92. The fourth-order valence-corrected chi connectivity index (χ4v) is 6.69. The fraction of sp³-hybridized carbons (Fsp3) is 0. The van der Waals surface area contributed by atoms with Gasteiger partial charge in [-0.1, -0.05) is 54.6 Å². The summed E-state index contributed by atoms with van der Waals surface area (Å²) in [6.07, 6.45) is 41.3. The van der Waals surface area contributed by atoms with Crippen molar-refractivity contribution < 1.29 is 13.3 Å². The van der Waals surface area contributed by atoms with Crippen LogP contribution in [0.15, 0.2) is 325 Å². The summed E-state index contributed by atoms with van der Waals surface area (Å²) in [6.45, 7) is 0. The first-order chi connectivity index (χ1) is 44.9. The van der Waals surface area contributed by atoms with E-state index in [1.165, 1.54) is 73.2 Å². The molecule has 28 nitrogen and oxygen atoms in total. The van der Waals surface area contributed by atoms with E-state index in [0.29, 0.717) is 0 Å². The van der Waals surface area contributed by atoms with E-state index < -0.39 is 0 Å². The second kappa shape index (κ2) is 49.8. The molecule has 14 heterocycles. The number of aromatic amines is 4. The van der Waals surface area contributed by atoms with Crippen molar-refractivity contribution in [3.63, 3.8) is 0 Å². The molecule has 0 amide bonds. The Kier molecular flexibility index (Phi) is 37.7. The van der Waals surface area contributed by atoms with Gasteiger partial charge in [0, 0.05) is 91.3 Å². The van der Waals surface area contributed by atoms with Gasteiger partial charge in [0.05, 0.1) is 62.8 Å². The second-order valence-electron chi connectivity index (χ2n) is 15.1. The summed E-state index contributed by atoms with van der Waals surface area (Å²) in [5.74, 6) is 0. The minimum absolute atomic E-state index is 0.845. The molecule has 4 N–H and O–H groups in total. The standard InChI is InChI=1S/2C7H6N2.C7H5NO.C7H5NS.3C4H4N2.C3H3N3.2C3H4N2.C3H3NO.C3H3NS.C2H2N2O.C2H2N2S/c1-2-4-7-6(3-1)8-5-9-7;1-2-4-7-6(3-1)5-8-9-7;2*1-2-4-7-6(3-1)8-5-9-7;1-2-6-4-3-5-1;1-2-5-4-6-3-1;1-2-4-6-5-3-1;1-4-2-6-3-5-1;1-2-5-3-4-1;1-2-4-5-3-1;2*1-2-5-3-4-1;2*1-3-4-2-5-1/h2*1-5H,(H,8,9);2*1-5H;3*1-4H;1-3H;2*1-3H,(H,4,5);2*1-3H;2*1-2H. The highest BCUT2D eigenvalue weighted by molar-refractivity contribution is 7.16. The van der Waals surface area contributed by atoms with Crippen LogP contribution < -0.4 is 0 Å². The van der Waals surface area contributed by atoms with Gasteiger partial charge in [-0.25, -0.2) is 49.8 Å². The highest BCUT2D eigenvalue weighted by Crippen LogP contribution is 2.15. The maximum atomic E-state index is 5.01. The lowest BCUT2D eigenvalue weighted by molar-refractivity contribution is 0.553. The smallest absolute Gasteiger partial charge is 0.203 e. The van der Waals surface area contributed by atoms with Gasteiger partial charge >= 0.3 is 0 Å². The highest BCUT2D eigenvalue weighted by atomic mass is 32.1. The Hall–Kier alpha value is -12.6. The molecule has 0 aliphatic heterocycles. The Morgan fingerprint density at radius 1 is 0.378 bits per heavy atom. The summed E-state index contributed by atoms with van der Waals surface area (Å²) in [6, 6.07) is 39.0. The van der Waals surface area contributed by atoms with E-state index in [9.17, 15) is 0 Å². The largest absolute Gasteiger partial charge is 0.452 e. The number of oxazole rings is 2. The summed E-state index contributed by atoms with van der Waals surface area (Å²) >= 11 is 4.77. The van der Waals surface area contributed by atoms with E-state index in [2.05, 4.69) is 141 Å². The van der Waals surface area contributed by atoms with Gasteiger partial charge in [0.2, 0.25) is 12.8 Å². The number of thiazole rings is 2. The molecule has 0 spiro atoms. The van der Waals surface area contributed by atoms with Crippen molar-refractivity contribution in [2.24, 2.45) is 0 Å². The maximum Gasteiger partial charge on any atom is 0.203 e. The van der Waals surface area contributed by atoms with Gasteiger partial charge in [0.1, 0.15) is 48.1 Å². The molecular formula is C59H55N25O3S3. The van der Waals surface area contributed by atoms with Crippen molar-refractivity contribution in [1.82, 2.24) is 126 Å². The third kappa shape index (κ3) is 34.9. The number of aromatic nitrogens is 25. The molecule has 452 valence electrons. The normalized spacial score (nSPS) is 8.89. The number of benzene rings is 4. The maximum absolute atomic E-state index is 5.01. The van der Waals surface area contributed by atoms with Crippen molar-refractivity contribution in [3.8, 4) is 0 Å². The van der Waals surface area contributed by atoms with Gasteiger partial charge in [-0.2, -0.15) is 20.4 Å². The van der Waals surface area contributed by atoms with E-state index in [4.69, 9.17) is 4.42 Å². The van der Waals surface area contributed by atoms with Gasteiger partial charge in [-0.3, -0.25) is 25.1 Å². The zero-order valence-corrected chi connectivity index (χ0v) is 49.7. The molecule has 0 saturated carbocycles. The summed E-state index contributed by atoms with van der Waals surface area (Å²) in [5, 5.41) is 36.7. The molecule has 18 rings (SSSR count). The van der Waals surface area contributed by atoms with Crippen molar-refractivity contribution >= 4 is 77.3 Å². The van der Waals surface area contributed by atoms with E-state index in [0.717, 1.165) is 38.6 Å². The molecule has 90 heavy (non-hydrogen) atoms. The van der Waals surface area contributed by atoms with Crippen molar-refractivity contribution in [2.45, 2.75) is 0 Å². The second-order valence-corrected chi connectivity index (χ2v) is 17.4. The number of H-pyrrole nitrogens is 4. The predicted molar refractivity (Wildman–Crippen MR) is 342 cm³/mol. The van der Waals surface area contributed by atoms with E-state index in [1.54, 1.807) is 145 Å². The number of para-hydroxylation sites is 6. The van der Waals surface area contributed by atoms with E-state index >= 15 is 0 Å². The lowest BCUT2D eigenvalue weighted by Gasteiger charge is -1.81. The molecule has 18 aromatic rings.